The highest BCUT2D eigenvalue weighted by molar-refractivity contribution is 5.76. The molecule has 1 aromatic heterocycles. The first-order valence-corrected chi connectivity index (χ1v) is 10.3. The Balaban J connectivity index is 1.42. The lowest BCUT2D eigenvalue weighted by Gasteiger charge is -2.27. The van der Waals surface area contributed by atoms with Gasteiger partial charge in [0.15, 0.2) is 0 Å². The van der Waals surface area contributed by atoms with Crippen molar-refractivity contribution in [2.45, 2.75) is 25.9 Å². The predicted molar refractivity (Wildman–Crippen MR) is 112 cm³/mol. The number of carbonyl (C=O) groups is 1. The van der Waals surface area contributed by atoms with E-state index in [1.54, 1.807) is 23.8 Å². The third-order valence-electron chi connectivity index (χ3n) is 6.52. The van der Waals surface area contributed by atoms with Crippen LogP contribution in [0.5, 0.6) is 5.75 Å². The molecule has 0 aliphatic carbocycles. The lowest BCUT2D eigenvalue weighted by Crippen LogP contribution is -2.34. The Morgan fingerprint density at radius 3 is 2.55 bits per heavy atom. The van der Waals surface area contributed by atoms with Crippen molar-refractivity contribution in [3.05, 3.63) is 64.1 Å². The second kappa shape index (κ2) is 8.03. The van der Waals surface area contributed by atoms with Gasteiger partial charge in [-0.1, -0.05) is 18.2 Å². The van der Waals surface area contributed by atoms with Gasteiger partial charge in [0, 0.05) is 56.3 Å². The molecule has 2 saturated heterocycles. The van der Waals surface area contributed by atoms with Gasteiger partial charge in [0.1, 0.15) is 5.75 Å². The minimum Gasteiger partial charge on any atom is -0.497 e. The number of methoxy groups -OCH3 is 1. The molecule has 29 heavy (non-hydrogen) atoms. The predicted octanol–water partition coefficient (Wildman–Crippen LogP) is 2.32. The van der Waals surface area contributed by atoms with Crippen molar-refractivity contribution in [1.82, 2.24) is 14.4 Å². The van der Waals surface area contributed by atoms with E-state index in [-0.39, 0.29) is 11.5 Å². The van der Waals surface area contributed by atoms with Crippen LogP contribution in [0.25, 0.3) is 0 Å². The summed E-state index contributed by atoms with van der Waals surface area (Å²) in [5, 5.41) is 0. The average molecular weight is 396 g/mol. The van der Waals surface area contributed by atoms with Crippen LogP contribution < -0.4 is 10.3 Å². The molecule has 4 rings (SSSR count). The fraction of sp³-hybridized carbons (Fsp3) is 0.478. The zero-order valence-electron chi connectivity index (χ0n) is 17.4. The van der Waals surface area contributed by atoms with Crippen LogP contribution in [0.4, 0.5) is 0 Å². The number of amides is 1. The van der Waals surface area contributed by atoms with E-state index in [4.69, 9.17) is 4.74 Å². The van der Waals surface area contributed by atoms with E-state index < -0.39 is 0 Å². The number of benzene rings is 1. The number of pyridine rings is 1. The van der Waals surface area contributed by atoms with Gasteiger partial charge < -0.3 is 14.2 Å². The Bertz CT molecular complexity index is 937. The van der Waals surface area contributed by atoms with E-state index in [0.29, 0.717) is 30.8 Å². The second-order valence-corrected chi connectivity index (χ2v) is 8.29. The first-order valence-electron chi connectivity index (χ1n) is 10.3. The maximum Gasteiger partial charge on any atom is 0.250 e. The highest BCUT2D eigenvalue weighted by atomic mass is 16.5. The molecule has 1 aromatic carbocycles. The number of nitrogens with zero attached hydrogens (tertiary/aromatic N) is 3. The molecule has 3 atom stereocenters. The van der Waals surface area contributed by atoms with Crippen molar-refractivity contribution in [2.75, 3.05) is 33.8 Å². The third kappa shape index (κ3) is 3.81. The number of rotatable bonds is 5. The summed E-state index contributed by atoms with van der Waals surface area (Å²) in [6, 6.07) is 13.8. The quantitative estimate of drug-likeness (QED) is 0.780. The Hall–Kier alpha value is -2.60. The van der Waals surface area contributed by atoms with Crippen molar-refractivity contribution in [1.29, 1.82) is 0 Å². The fourth-order valence-corrected chi connectivity index (χ4v) is 5.04. The molecule has 0 spiro atoms. The molecule has 2 aliphatic rings. The summed E-state index contributed by atoms with van der Waals surface area (Å²) < 4.78 is 6.97. The number of carbonyl (C=O) groups excluding carboxylic acids is 1. The van der Waals surface area contributed by atoms with Crippen LogP contribution in [-0.2, 0) is 11.3 Å². The van der Waals surface area contributed by atoms with E-state index in [1.165, 1.54) is 5.56 Å². The van der Waals surface area contributed by atoms with Crippen LogP contribution >= 0.6 is 0 Å². The smallest absolute Gasteiger partial charge is 0.250 e. The maximum absolute atomic E-state index is 12.9. The molecule has 0 N–H and O–H groups in total. The Labute approximate surface area is 171 Å². The SMILES string of the molecule is COc1ccc([C@@H]2[C@@H]3CN(C(=O)CCn4c(C)cccc4=O)C[C@@H]3CN2C)cc1. The molecule has 6 heteroatoms. The molecule has 0 saturated carbocycles. The molecular formula is C23H29N3O3. The van der Waals surface area contributed by atoms with Crippen molar-refractivity contribution in [3.63, 3.8) is 0 Å². The second-order valence-electron chi connectivity index (χ2n) is 8.29. The lowest BCUT2D eigenvalue weighted by atomic mass is 9.89. The molecular weight excluding hydrogens is 366 g/mol. The van der Waals surface area contributed by atoms with Crippen LogP contribution in [0.2, 0.25) is 0 Å². The largest absolute Gasteiger partial charge is 0.497 e. The van der Waals surface area contributed by atoms with Crippen molar-refractivity contribution < 1.29 is 9.53 Å². The van der Waals surface area contributed by atoms with Crippen molar-refractivity contribution >= 4 is 5.91 Å². The van der Waals surface area contributed by atoms with E-state index in [1.807, 2.05) is 30.0 Å². The van der Waals surface area contributed by atoms with Crippen LogP contribution in [-0.4, -0.2) is 54.1 Å². The minimum absolute atomic E-state index is 0.0442. The number of fused-ring (bicyclic) bond motifs is 1. The monoisotopic (exact) mass is 395 g/mol. The highest BCUT2D eigenvalue weighted by Crippen LogP contribution is 2.44. The Kier molecular flexibility index (Phi) is 5.46. The Morgan fingerprint density at radius 2 is 1.86 bits per heavy atom. The third-order valence-corrected chi connectivity index (χ3v) is 6.52. The van der Waals surface area contributed by atoms with Gasteiger partial charge in [-0.3, -0.25) is 14.5 Å². The van der Waals surface area contributed by atoms with Crippen LogP contribution in [0.3, 0.4) is 0 Å². The lowest BCUT2D eigenvalue weighted by molar-refractivity contribution is -0.130. The minimum atomic E-state index is -0.0442. The summed E-state index contributed by atoms with van der Waals surface area (Å²) in [5.74, 6) is 1.95. The average Bonchev–Trinajstić information content (AvgIpc) is 3.24. The molecule has 2 aliphatic heterocycles. The number of likely N-dealkylation sites (tertiary alicyclic amines) is 2. The molecule has 0 radical (unpaired) electrons. The zero-order valence-corrected chi connectivity index (χ0v) is 17.4. The molecule has 0 unspecified atom stereocenters. The number of hydrogen-bond donors (Lipinski definition) is 0. The van der Waals surface area contributed by atoms with Crippen molar-refractivity contribution in [2.24, 2.45) is 11.8 Å². The zero-order chi connectivity index (χ0) is 20.5. The number of aromatic nitrogens is 1. The molecule has 2 aromatic rings. The van der Waals surface area contributed by atoms with Gasteiger partial charge >= 0.3 is 0 Å². The summed E-state index contributed by atoms with van der Waals surface area (Å²) in [6.07, 6.45) is 0.368. The first-order chi connectivity index (χ1) is 14.0. The van der Waals surface area contributed by atoms with Crippen LogP contribution in [0.15, 0.2) is 47.3 Å². The van der Waals surface area contributed by atoms with Gasteiger partial charge in [0.2, 0.25) is 5.91 Å². The normalized spacial score (nSPS) is 24.0. The molecule has 1 amide bonds. The van der Waals surface area contributed by atoms with Crippen LogP contribution in [0, 0.1) is 18.8 Å². The summed E-state index contributed by atoms with van der Waals surface area (Å²) in [4.78, 5) is 29.3. The highest BCUT2D eigenvalue weighted by Gasteiger charge is 2.47. The fourth-order valence-electron chi connectivity index (χ4n) is 5.04. The van der Waals surface area contributed by atoms with Gasteiger partial charge in [0.05, 0.1) is 7.11 Å². The van der Waals surface area contributed by atoms with E-state index in [9.17, 15) is 9.59 Å². The van der Waals surface area contributed by atoms with Gasteiger partial charge in [0.25, 0.3) is 5.56 Å². The van der Waals surface area contributed by atoms with Crippen molar-refractivity contribution in [3.8, 4) is 5.75 Å². The van der Waals surface area contributed by atoms with Gasteiger partial charge in [-0.15, -0.1) is 0 Å². The summed E-state index contributed by atoms with van der Waals surface area (Å²) >= 11 is 0. The number of aryl methyl sites for hydroxylation is 1. The molecule has 154 valence electrons. The summed E-state index contributed by atoms with van der Waals surface area (Å²) in [5.41, 5.74) is 2.13. The summed E-state index contributed by atoms with van der Waals surface area (Å²) in [6.45, 7) is 4.94. The molecule has 3 heterocycles. The molecule has 2 fully saturated rings. The van der Waals surface area contributed by atoms with Gasteiger partial charge in [-0.25, -0.2) is 0 Å². The Morgan fingerprint density at radius 1 is 1.10 bits per heavy atom. The summed E-state index contributed by atoms with van der Waals surface area (Å²) in [7, 11) is 3.85. The number of hydrogen-bond acceptors (Lipinski definition) is 4. The van der Waals surface area contributed by atoms with Gasteiger partial charge in [-0.05, 0) is 43.7 Å². The first kappa shape index (κ1) is 19.7. The van der Waals surface area contributed by atoms with Crippen LogP contribution in [0.1, 0.15) is 23.7 Å². The number of ether oxygens (including phenoxy) is 1. The van der Waals surface area contributed by atoms with E-state index in [0.717, 1.165) is 31.1 Å². The standard InChI is InChI=1S/C23H29N3O3/c1-16-5-4-6-22(28)26(16)12-11-21(27)25-14-18-13-24(2)23(20(18)15-25)17-7-9-19(29-3)10-8-17/h4-10,18,20,23H,11-15H2,1-3H3/t18-,20+,23+/m0/s1. The molecule has 6 nitrogen and oxygen atoms in total. The van der Waals surface area contributed by atoms with E-state index in [2.05, 4.69) is 24.1 Å². The maximum atomic E-state index is 12.9. The topological polar surface area (TPSA) is 54.8 Å². The molecule has 0 bridgehead atoms. The van der Waals surface area contributed by atoms with E-state index >= 15 is 0 Å². The van der Waals surface area contributed by atoms with Gasteiger partial charge in [-0.2, -0.15) is 0 Å².